The highest BCUT2D eigenvalue weighted by Crippen LogP contribution is 2.33. The Morgan fingerprint density at radius 2 is 1.73 bits per heavy atom. The normalized spacial score (nSPS) is 11.0. The molecule has 2 aromatic heterocycles. The lowest BCUT2D eigenvalue weighted by Crippen LogP contribution is -2.00. The van der Waals surface area contributed by atoms with Crippen molar-refractivity contribution in [2.75, 3.05) is 18.7 Å². The number of anilines is 2. The first-order valence-corrected chi connectivity index (χ1v) is 11.8. The van der Waals surface area contributed by atoms with Crippen LogP contribution in [0.5, 0.6) is 5.75 Å². The fraction of sp³-hybridized carbons (Fsp3) is 0.115. The molecule has 0 bridgehead atoms. The van der Waals surface area contributed by atoms with Gasteiger partial charge in [-0.1, -0.05) is 30.3 Å². The van der Waals surface area contributed by atoms with Gasteiger partial charge in [-0.15, -0.1) is 11.8 Å². The summed E-state index contributed by atoms with van der Waals surface area (Å²) in [6, 6.07) is 24.2. The molecular weight excluding hydrogens is 430 g/mol. The first-order valence-electron chi connectivity index (χ1n) is 10.5. The fourth-order valence-corrected chi connectivity index (χ4v) is 4.47. The Labute approximate surface area is 196 Å². The topological polar surface area (TPSA) is 64.9 Å². The smallest absolute Gasteiger partial charge is 0.227 e. The number of benzene rings is 3. The van der Waals surface area contributed by atoms with Crippen molar-refractivity contribution in [1.29, 1.82) is 0 Å². The minimum atomic E-state index is 0.541. The third-order valence-electron chi connectivity index (χ3n) is 5.49. The molecule has 5 rings (SSSR count). The molecule has 0 aliphatic heterocycles. The molecule has 5 aromatic rings. The van der Waals surface area contributed by atoms with Crippen LogP contribution in [0.1, 0.15) is 5.69 Å². The maximum atomic E-state index is 5.32. The van der Waals surface area contributed by atoms with Crippen LogP contribution < -0.4 is 10.1 Å². The second-order valence-electron chi connectivity index (χ2n) is 7.54. The molecule has 164 valence electrons. The molecular formula is C26H23N5OS. The van der Waals surface area contributed by atoms with Gasteiger partial charge in [0.1, 0.15) is 10.8 Å². The highest BCUT2D eigenvalue weighted by molar-refractivity contribution is 7.98. The van der Waals surface area contributed by atoms with Crippen LogP contribution in [0.2, 0.25) is 0 Å². The molecule has 0 aliphatic carbocycles. The maximum absolute atomic E-state index is 5.32. The summed E-state index contributed by atoms with van der Waals surface area (Å²) in [5, 5.41) is 11.3. The molecule has 33 heavy (non-hydrogen) atoms. The van der Waals surface area contributed by atoms with Gasteiger partial charge < -0.3 is 10.1 Å². The van der Waals surface area contributed by atoms with Crippen molar-refractivity contribution in [3.63, 3.8) is 0 Å². The van der Waals surface area contributed by atoms with E-state index >= 15 is 0 Å². The second-order valence-corrected chi connectivity index (χ2v) is 8.33. The van der Waals surface area contributed by atoms with Gasteiger partial charge in [0.15, 0.2) is 0 Å². The third kappa shape index (κ3) is 4.15. The molecule has 0 saturated heterocycles. The van der Waals surface area contributed by atoms with Gasteiger partial charge in [0.05, 0.1) is 29.7 Å². The van der Waals surface area contributed by atoms with E-state index in [0.717, 1.165) is 49.9 Å². The van der Waals surface area contributed by atoms with Crippen molar-refractivity contribution in [3.8, 4) is 22.7 Å². The van der Waals surface area contributed by atoms with Crippen LogP contribution >= 0.6 is 11.8 Å². The number of hydrogen-bond donors (Lipinski definition) is 1. The lowest BCUT2D eigenvalue weighted by atomic mass is 10.1. The molecule has 7 heteroatoms. The van der Waals surface area contributed by atoms with Crippen molar-refractivity contribution < 1.29 is 4.74 Å². The van der Waals surface area contributed by atoms with Crippen molar-refractivity contribution in [2.24, 2.45) is 0 Å². The Balaban J connectivity index is 1.49. The van der Waals surface area contributed by atoms with Gasteiger partial charge in [-0.2, -0.15) is 5.10 Å². The summed E-state index contributed by atoms with van der Waals surface area (Å²) in [6.45, 7) is 2.07. The Kier molecular flexibility index (Phi) is 5.71. The summed E-state index contributed by atoms with van der Waals surface area (Å²) in [5.74, 6) is 1.38. The van der Waals surface area contributed by atoms with E-state index in [1.807, 2.05) is 59.5 Å². The zero-order valence-electron chi connectivity index (χ0n) is 18.6. The molecule has 0 saturated carbocycles. The van der Waals surface area contributed by atoms with Crippen LogP contribution in [-0.2, 0) is 0 Å². The Bertz CT molecular complexity index is 1430. The molecule has 6 nitrogen and oxygen atoms in total. The Morgan fingerprint density at radius 3 is 2.52 bits per heavy atom. The summed E-state index contributed by atoms with van der Waals surface area (Å²) in [6.07, 6.45) is 3.81. The summed E-state index contributed by atoms with van der Waals surface area (Å²) in [7, 11) is 1.68. The van der Waals surface area contributed by atoms with E-state index < -0.39 is 0 Å². The predicted molar refractivity (Wildman–Crippen MR) is 135 cm³/mol. The minimum Gasteiger partial charge on any atom is -0.497 e. The minimum absolute atomic E-state index is 0.541. The van der Waals surface area contributed by atoms with Crippen molar-refractivity contribution >= 4 is 34.2 Å². The van der Waals surface area contributed by atoms with Gasteiger partial charge in [-0.25, -0.2) is 14.6 Å². The van der Waals surface area contributed by atoms with Gasteiger partial charge in [0.2, 0.25) is 5.95 Å². The van der Waals surface area contributed by atoms with E-state index in [-0.39, 0.29) is 0 Å². The molecule has 0 radical (unpaired) electrons. The average Bonchev–Trinajstić information content (AvgIpc) is 3.20. The number of nitrogens with zero attached hydrogens (tertiary/aromatic N) is 4. The van der Waals surface area contributed by atoms with Crippen LogP contribution in [0, 0.1) is 6.92 Å². The predicted octanol–water partition coefficient (Wildman–Crippen LogP) is 6.27. The number of methoxy groups -OCH3 is 1. The number of aromatic nitrogens is 4. The second kappa shape index (κ2) is 8.96. The Morgan fingerprint density at radius 1 is 0.939 bits per heavy atom. The molecule has 0 unspecified atom stereocenters. The number of hydrogen-bond acceptors (Lipinski definition) is 6. The Hall–Kier alpha value is -3.84. The number of rotatable bonds is 6. The first-order chi connectivity index (χ1) is 16.2. The first kappa shape index (κ1) is 21.0. The van der Waals surface area contributed by atoms with Crippen LogP contribution in [-0.4, -0.2) is 33.1 Å². The third-order valence-corrected chi connectivity index (χ3v) is 6.17. The molecule has 0 aliphatic rings. The SMILES string of the molecule is COc1ccc2cc(Nc3nccc(-c4c(SC)nn(-c5ccccc5)c4C)n3)ccc2c1. The molecule has 0 spiro atoms. The van der Waals surface area contributed by atoms with Crippen molar-refractivity contribution in [3.05, 3.63) is 84.7 Å². The van der Waals surface area contributed by atoms with Crippen molar-refractivity contribution in [1.82, 2.24) is 19.7 Å². The number of fused-ring (bicyclic) bond motifs is 1. The highest BCUT2D eigenvalue weighted by atomic mass is 32.2. The largest absolute Gasteiger partial charge is 0.497 e. The van der Waals surface area contributed by atoms with Gasteiger partial charge in [0.25, 0.3) is 0 Å². The molecule has 1 N–H and O–H groups in total. The summed E-state index contributed by atoms with van der Waals surface area (Å²) in [4.78, 5) is 9.25. The van der Waals surface area contributed by atoms with E-state index in [9.17, 15) is 0 Å². The van der Waals surface area contributed by atoms with Gasteiger partial charge in [-0.3, -0.25) is 0 Å². The fourth-order valence-electron chi connectivity index (χ4n) is 3.85. The standard InChI is InChI=1S/C26H23N5OS/c1-17-24(25(33-3)30-31(17)21-7-5-4-6-8-21)23-13-14-27-26(29-23)28-20-11-9-19-16-22(32-2)12-10-18(19)15-20/h4-16H,1-3H3,(H,27,28,29). The summed E-state index contributed by atoms with van der Waals surface area (Å²) in [5.41, 5.74) is 4.84. The van der Waals surface area contributed by atoms with Crippen LogP contribution in [0.15, 0.2) is 84.0 Å². The zero-order chi connectivity index (χ0) is 22.8. The van der Waals surface area contributed by atoms with Crippen LogP contribution in [0.25, 0.3) is 27.7 Å². The van der Waals surface area contributed by atoms with Crippen LogP contribution in [0.3, 0.4) is 0 Å². The van der Waals surface area contributed by atoms with E-state index in [4.69, 9.17) is 14.8 Å². The maximum Gasteiger partial charge on any atom is 0.227 e. The molecule has 0 amide bonds. The van der Waals surface area contributed by atoms with Crippen LogP contribution in [0.4, 0.5) is 11.6 Å². The lowest BCUT2D eigenvalue weighted by molar-refractivity contribution is 0.415. The number of nitrogens with one attached hydrogen (secondary N) is 1. The van der Waals surface area contributed by atoms with Gasteiger partial charge >= 0.3 is 0 Å². The number of thioether (sulfide) groups is 1. The lowest BCUT2D eigenvalue weighted by Gasteiger charge is -2.09. The molecule has 3 aromatic carbocycles. The van der Waals surface area contributed by atoms with Gasteiger partial charge in [-0.05, 0) is 66.4 Å². The molecule has 0 fully saturated rings. The molecule has 2 heterocycles. The summed E-state index contributed by atoms with van der Waals surface area (Å²) >= 11 is 1.61. The van der Waals surface area contributed by atoms with E-state index in [0.29, 0.717) is 5.95 Å². The number of para-hydroxylation sites is 1. The van der Waals surface area contributed by atoms with Gasteiger partial charge in [0, 0.05) is 11.9 Å². The van der Waals surface area contributed by atoms with Crippen molar-refractivity contribution in [2.45, 2.75) is 11.9 Å². The zero-order valence-corrected chi connectivity index (χ0v) is 19.4. The quantitative estimate of drug-likeness (QED) is 0.306. The highest BCUT2D eigenvalue weighted by Gasteiger charge is 2.18. The number of ether oxygens (including phenoxy) is 1. The molecule has 0 atom stereocenters. The van der Waals surface area contributed by atoms with E-state index in [2.05, 4.69) is 41.5 Å². The summed E-state index contributed by atoms with van der Waals surface area (Å²) < 4.78 is 7.28. The monoisotopic (exact) mass is 453 g/mol. The van der Waals surface area contributed by atoms with E-state index in [1.54, 1.807) is 25.1 Å². The average molecular weight is 454 g/mol. The van der Waals surface area contributed by atoms with E-state index in [1.165, 1.54) is 0 Å².